The van der Waals surface area contributed by atoms with Crippen LogP contribution >= 0.6 is 0 Å². The fraction of sp³-hybridized carbons (Fsp3) is 0.250. The Morgan fingerprint density at radius 2 is 1.79 bits per heavy atom. The third-order valence-corrected chi connectivity index (χ3v) is 6.62. The van der Waals surface area contributed by atoms with Crippen molar-refractivity contribution in [2.45, 2.75) is 24.7 Å². The molecule has 1 N–H and O–H groups in total. The molecule has 0 unspecified atom stereocenters. The van der Waals surface area contributed by atoms with Crippen LogP contribution < -0.4 is 0 Å². The van der Waals surface area contributed by atoms with Crippen molar-refractivity contribution in [3.8, 4) is 6.07 Å². The van der Waals surface area contributed by atoms with Crippen LogP contribution in [0.3, 0.4) is 0 Å². The normalized spacial score (nSPS) is 12.8. The second kappa shape index (κ2) is 7.92. The first-order chi connectivity index (χ1) is 13.4. The van der Waals surface area contributed by atoms with Gasteiger partial charge in [-0.3, -0.25) is 4.79 Å². The maximum absolute atomic E-state index is 12.8. The molecule has 0 amide bonds. The molecule has 8 heteroatoms. The van der Waals surface area contributed by atoms with Crippen LogP contribution in [0.1, 0.15) is 35.9 Å². The molecule has 1 aromatic heterocycles. The number of hydrogen-bond acceptors (Lipinski definition) is 5. The summed E-state index contributed by atoms with van der Waals surface area (Å²) in [5.74, 6) is -1.26. The molecule has 0 aliphatic carbocycles. The SMILES string of the molecule is CCN(CC)S(=O)(=O)c1ccc(C(=O)[C@H](C#N)c2nc3ccccc3[nH]2)cc1. The average Bonchev–Trinajstić information content (AvgIpc) is 3.13. The highest BCUT2D eigenvalue weighted by Crippen LogP contribution is 2.23. The van der Waals surface area contributed by atoms with Crippen LogP contribution in [0.4, 0.5) is 0 Å². The molecule has 7 nitrogen and oxygen atoms in total. The van der Waals surface area contributed by atoms with E-state index in [1.165, 1.54) is 28.6 Å². The van der Waals surface area contributed by atoms with Crippen LogP contribution in [0.15, 0.2) is 53.4 Å². The molecule has 1 heterocycles. The molecule has 0 aliphatic heterocycles. The predicted molar refractivity (Wildman–Crippen MR) is 105 cm³/mol. The van der Waals surface area contributed by atoms with Crippen molar-refractivity contribution in [1.29, 1.82) is 5.26 Å². The first-order valence-corrected chi connectivity index (χ1v) is 10.3. The minimum Gasteiger partial charge on any atom is -0.340 e. The Morgan fingerprint density at radius 1 is 1.14 bits per heavy atom. The van der Waals surface area contributed by atoms with E-state index in [1.54, 1.807) is 19.9 Å². The summed E-state index contributed by atoms with van der Waals surface area (Å²) in [6, 6.07) is 14.9. The van der Waals surface area contributed by atoms with Gasteiger partial charge in [-0.25, -0.2) is 13.4 Å². The number of para-hydroxylation sites is 2. The number of hydrogen-bond donors (Lipinski definition) is 1. The van der Waals surface area contributed by atoms with Gasteiger partial charge in [0.05, 0.1) is 22.0 Å². The van der Waals surface area contributed by atoms with Gasteiger partial charge in [-0.1, -0.05) is 38.1 Å². The van der Waals surface area contributed by atoms with Gasteiger partial charge in [0.2, 0.25) is 10.0 Å². The highest BCUT2D eigenvalue weighted by Gasteiger charge is 2.26. The van der Waals surface area contributed by atoms with Gasteiger partial charge in [-0.15, -0.1) is 0 Å². The number of carbonyl (C=O) groups is 1. The van der Waals surface area contributed by atoms with Gasteiger partial charge in [0.25, 0.3) is 0 Å². The number of fused-ring (bicyclic) bond motifs is 1. The van der Waals surface area contributed by atoms with Gasteiger partial charge < -0.3 is 4.98 Å². The first-order valence-electron chi connectivity index (χ1n) is 8.91. The molecule has 0 aliphatic rings. The molecule has 1 atom stereocenters. The van der Waals surface area contributed by atoms with Crippen molar-refractivity contribution in [2.75, 3.05) is 13.1 Å². The lowest BCUT2D eigenvalue weighted by atomic mass is 9.98. The van der Waals surface area contributed by atoms with Gasteiger partial charge in [0.15, 0.2) is 11.7 Å². The number of aromatic amines is 1. The summed E-state index contributed by atoms with van der Waals surface area (Å²) in [5.41, 5.74) is 1.67. The molecule has 0 spiro atoms. The number of H-pyrrole nitrogens is 1. The maximum atomic E-state index is 12.8. The molecule has 28 heavy (non-hydrogen) atoms. The van der Waals surface area contributed by atoms with Crippen LogP contribution in [0.2, 0.25) is 0 Å². The van der Waals surface area contributed by atoms with Crippen molar-refractivity contribution in [2.24, 2.45) is 0 Å². The Kier molecular flexibility index (Phi) is 5.58. The van der Waals surface area contributed by atoms with Gasteiger partial charge in [0, 0.05) is 18.7 Å². The number of Topliss-reactive ketones (excluding diaryl/α,β-unsaturated/α-hetero) is 1. The number of benzene rings is 2. The molecule has 0 fully saturated rings. The van der Waals surface area contributed by atoms with E-state index in [-0.39, 0.29) is 16.3 Å². The number of carbonyl (C=O) groups excluding carboxylic acids is 1. The Balaban J connectivity index is 1.90. The van der Waals surface area contributed by atoms with Crippen molar-refractivity contribution < 1.29 is 13.2 Å². The number of nitrogens with one attached hydrogen (secondary N) is 1. The molecule has 0 saturated heterocycles. The van der Waals surface area contributed by atoms with E-state index < -0.39 is 21.7 Å². The molecule has 3 aromatic rings. The summed E-state index contributed by atoms with van der Waals surface area (Å²) >= 11 is 0. The van der Waals surface area contributed by atoms with Gasteiger partial charge in [0.1, 0.15) is 5.82 Å². The van der Waals surface area contributed by atoms with Gasteiger partial charge in [-0.2, -0.15) is 9.57 Å². The van der Waals surface area contributed by atoms with Crippen molar-refractivity contribution in [3.63, 3.8) is 0 Å². The van der Waals surface area contributed by atoms with E-state index in [2.05, 4.69) is 9.97 Å². The van der Waals surface area contributed by atoms with E-state index in [1.807, 2.05) is 24.3 Å². The lowest BCUT2D eigenvalue weighted by Crippen LogP contribution is -2.30. The minimum absolute atomic E-state index is 0.116. The smallest absolute Gasteiger partial charge is 0.243 e. The molecule has 2 aromatic carbocycles. The van der Waals surface area contributed by atoms with E-state index in [4.69, 9.17) is 0 Å². The zero-order valence-electron chi connectivity index (χ0n) is 15.6. The van der Waals surface area contributed by atoms with Gasteiger partial charge >= 0.3 is 0 Å². The quantitative estimate of drug-likeness (QED) is 0.618. The van der Waals surface area contributed by atoms with Crippen molar-refractivity contribution in [3.05, 3.63) is 59.9 Å². The Hall–Kier alpha value is -3.02. The molecular weight excluding hydrogens is 376 g/mol. The predicted octanol–water partition coefficient (Wildman–Crippen LogP) is 3.08. The third kappa shape index (κ3) is 3.54. The third-order valence-electron chi connectivity index (χ3n) is 4.55. The van der Waals surface area contributed by atoms with Crippen LogP contribution in [0.25, 0.3) is 11.0 Å². The zero-order valence-corrected chi connectivity index (χ0v) is 16.4. The summed E-state index contributed by atoms with van der Waals surface area (Å²) in [4.78, 5) is 20.3. The zero-order chi connectivity index (χ0) is 20.3. The summed E-state index contributed by atoms with van der Waals surface area (Å²) in [6.07, 6.45) is 0. The van der Waals surface area contributed by atoms with Crippen LogP contribution in [-0.4, -0.2) is 41.6 Å². The number of aromatic nitrogens is 2. The lowest BCUT2D eigenvalue weighted by molar-refractivity contribution is 0.0976. The summed E-state index contributed by atoms with van der Waals surface area (Å²) in [5, 5.41) is 9.52. The van der Waals surface area contributed by atoms with Gasteiger partial charge in [-0.05, 0) is 24.3 Å². The Bertz CT molecular complexity index is 1110. The summed E-state index contributed by atoms with van der Waals surface area (Å²) in [7, 11) is -3.60. The van der Waals surface area contributed by atoms with E-state index in [9.17, 15) is 18.5 Å². The fourth-order valence-electron chi connectivity index (χ4n) is 3.02. The molecule has 0 saturated carbocycles. The van der Waals surface area contributed by atoms with Crippen LogP contribution in [0, 0.1) is 11.3 Å². The average molecular weight is 396 g/mol. The van der Waals surface area contributed by atoms with Crippen LogP contribution in [0.5, 0.6) is 0 Å². The Labute approximate surface area is 163 Å². The van der Waals surface area contributed by atoms with Crippen LogP contribution in [-0.2, 0) is 10.0 Å². The highest BCUT2D eigenvalue weighted by atomic mass is 32.2. The first kappa shape index (κ1) is 19.7. The summed E-state index contributed by atoms with van der Waals surface area (Å²) in [6.45, 7) is 4.26. The number of sulfonamides is 1. The number of ketones is 1. The second-order valence-corrected chi connectivity index (χ2v) is 8.12. The second-order valence-electron chi connectivity index (χ2n) is 6.18. The topological polar surface area (TPSA) is 107 Å². The van der Waals surface area contributed by atoms with E-state index in [0.29, 0.717) is 18.6 Å². The number of imidazole rings is 1. The molecule has 3 rings (SSSR count). The standard InChI is InChI=1S/C20H20N4O3S/c1-3-24(4-2)28(26,27)15-11-9-14(10-12-15)19(25)16(13-21)20-22-17-7-5-6-8-18(17)23-20/h5-12,16H,3-4H2,1-2H3,(H,22,23)/t16-/m0/s1. The molecular formula is C20H20N4O3S. The summed E-state index contributed by atoms with van der Waals surface area (Å²) < 4.78 is 26.5. The highest BCUT2D eigenvalue weighted by molar-refractivity contribution is 7.89. The lowest BCUT2D eigenvalue weighted by Gasteiger charge is -2.18. The number of nitrogens with zero attached hydrogens (tertiary/aromatic N) is 3. The largest absolute Gasteiger partial charge is 0.340 e. The van der Waals surface area contributed by atoms with E-state index in [0.717, 1.165) is 5.52 Å². The molecule has 144 valence electrons. The minimum atomic E-state index is -3.60. The number of nitriles is 1. The maximum Gasteiger partial charge on any atom is 0.243 e. The number of rotatable bonds is 7. The van der Waals surface area contributed by atoms with Crippen molar-refractivity contribution in [1.82, 2.24) is 14.3 Å². The Morgan fingerprint density at radius 3 is 2.36 bits per heavy atom. The van der Waals surface area contributed by atoms with E-state index >= 15 is 0 Å². The molecule has 0 bridgehead atoms. The monoisotopic (exact) mass is 396 g/mol. The molecule has 0 radical (unpaired) electrons. The van der Waals surface area contributed by atoms with Crippen molar-refractivity contribution >= 4 is 26.8 Å². The fourth-order valence-corrected chi connectivity index (χ4v) is 4.48.